The van der Waals surface area contributed by atoms with Crippen LogP contribution in [0.3, 0.4) is 0 Å². The predicted molar refractivity (Wildman–Crippen MR) is 61.5 cm³/mol. The van der Waals surface area contributed by atoms with Crippen molar-refractivity contribution in [1.29, 1.82) is 0 Å². The Hall–Kier alpha value is -1.23. The minimum absolute atomic E-state index is 0.173. The molecule has 0 saturated carbocycles. The maximum absolute atomic E-state index is 13.3. The molecule has 1 aromatic rings. The summed E-state index contributed by atoms with van der Waals surface area (Å²) >= 11 is 3.06. The Labute approximate surface area is 100 Å². The van der Waals surface area contributed by atoms with Gasteiger partial charge in [-0.3, -0.25) is 4.79 Å². The molecule has 0 aliphatic carbocycles. The van der Waals surface area contributed by atoms with Gasteiger partial charge in [-0.1, -0.05) is 22.5 Å². The van der Waals surface area contributed by atoms with Crippen molar-refractivity contribution >= 4 is 21.8 Å². The largest absolute Gasteiger partial charge is 0.347 e. The number of hydrogen-bond donors (Lipinski definition) is 1. The quantitative estimate of drug-likeness (QED) is 0.911. The van der Waals surface area contributed by atoms with Crippen LogP contribution in [0.2, 0.25) is 0 Å². The van der Waals surface area contributed by atoms with E-state index in [-0.39, 0.29) is 17.7 Å². The van der Waals surface area contributed by atoms with Crippen LogP contribution in [0.5, 0.6) is 0 Å². The number of amides is 1. The molecule has 2 nitrogen and oxygen atoms in total. The van der Waals surface area contributed by atoms with Crippen molar-refractivity contribution in [2.24, 2.45) is 0 Å². The van der Waals surface area contributed by atoms with Crippen LogP contribution in [0.1, 0.15) is 15.9 Å². The molecule has 5 heteroatoms. The van der Waals surface area contributed by atoms with E-state index in [1.54, 1.807) is 0 Å². The van der Waals surface area contributed by atoms with E-state index in [0.717, 1.165) is 0 Å². The van der Waals surface area contributed by atoms with Crippen LogP contribution in [0.15, 0.2) is 23.2 Å². The second-order valence-corrected chi connectivity index (χ2v) is 4.40. The summed E-state index contributed by atoms with van der Waals surface area (Å²) in [5.41, 5.74) is 0.0527. The van der Waals surface area contributed by atoms with Gasteiger partial charge >= 0.3 is 0 Å². The van der Waals surface area contributed by atoms with Crippen molar-refractivity contribution in [3.63, 3.8) is 0 Å². The zero-order valence-corrected chi connectivity index (χ0v) is 10.2. The molecule has 0 fully saturated rings. The lowest BCUT2D eigenvalue weighted by Gasteiger charge is -2.06. The van der Waals surface area contributed by atoms with Gasteiger partial charge in [-0.25, -0.2) is 8.78 Å². The Kier molecular flexibility index (Phi) is 4.18. The summed E-state index contributed by atoms with van der Waals surface area (Å²) in [6, 6.07) is 1.88. The molecule has 0 spiro atoms. The maximum Gasteiger partial charge on any atom is 0.254 e. The van der Waals surface area contributed by atoms with Gasteiger partial charge in [-0.05, 0) is 18.6 Å². The van der Waals surface area contributed by atoms with Crippen molar-refractivity contribution in [3.05, 3.63) is 46.0 Å². The molecule has 0 radical (unpaired) electrons. The molecule has 0 bridgehead atoms. The first kappa shape index (κ1) is 12.8. The molecule has 0 aliphatic heterocycles. The Morgan fingerprint density at radius 2 is 2.06 bits per heavy atom. The highest BCUT2D eigenvalue weighted by molar-refractivity contribution is 9.11. The van der Waals surface area contributed by atoms with Crippen molar-refractivity contribution in [1.82, 2.24) is 5.32 Å². The molecule has 0 aliphatic rings. The Morgan fingerprint density at radius 1 is 1.44 bits per heavy atom. The summed E-state index contributed by atoms with van der Waals surface area (Å²) in [6.45, 7) is 5.18. The Morgan fingerprint density at radius 3 is 2.62 bits per heavy atom. The molecule has 86 valence electrons. The van der Waals surface area contributed by atoms with Gasteiger partial charge in [0.2, 0.25) is 0 Å². The Bertz CT molecular complexity index is 446. The van der Waals surface area contributed by atoms with Crippen LogP contribution in [-0.2, 0) is 0 Å². The van der Waals surface area contributed by atoms with E-state index in [2.05, 4.69) is 27.8 Å². The average Bonchev–Trinajstić information content (AvgIpc) is 2.20. The molecule has 1 rings (SSSR count). The minimum Gasteiger partial charge on any atom is -0.347 e. The average molecular weight is 290 g/mol. The molecule has 0 aromatic heterocycles. The number of hydrogen-bond acceptors (Lipinski definition) is 1. The smallest absolute Gasteiger partial charge is 0.254 e. The van der Waals surface area contributed by atoms with E-state index in [0.29, 0.717) is 10.5 Å². The SMILES string of the molecule is C=C(Br)CNC(=O)c1cc(C)c(F)cc1F. The summed E-state index contributed by atoms with van der Waals surface area (Å²) < 4.78 is 26.8. The van der Waals surface area contributed by atoms with Gasteiger partial charge in [0, 0.05) is 17.1 Å². The lowest BCUT2D eigenvalue weighted by Crippen LogP contribution is -2.25. The van der Waals surface area contributed by atoms with Crippen LogP contribution in [0, 0.1) is 18.6 Å². The first-order valence-corrected chi connectivity index (χ1v) is 5.28. The topological polar surface area (TPSA) is 29.1 Å². The number of nitrogens with one attached hydrogen (secondary N) is 1. The number of aryl methyl sites for hydroxylation is 1. The van der Waals surface area contributed by atoms with Crippen LogP contribution < -0.4 is 5.32 Å². The monoisotopic (exact) mass is 289 g/mol. The molecule has 0 saturated heterocycles. The highest BCUT2D eigenvalue weighted by Crippen LogP contribution is 2.14. The van der Waals surface area contributed by atoms with Crippen molar-refractivity contribution in [2.45, 2.75) is 6.92 Å². The summed E-state index contributed by atoms with van der Waals surface area (Å²) in [5, 5.41) is 2.44. The highest BCUT2D eigenvalue weighted by atomic mass is 79.9. The molecular weight excluding hydrogens is 280 g/mol. The van der Waals surface area contributed by atoms with Gasteiger partial charge < -0.3 is 5.32 Å². The van der Waals surface area contributed by atoms with Gasteiger partial charge in [0.1, 0.15) is 11.6 Å². The van der Waals surface area contributed by atoms with E-state index in [4.69, 9.17) is 0 Å². The number of rotatable bonds is 3. The summed E-state index contributed by atoms with van der Waals surface area (Å²) in [5.74, 6) is -2.14. The third kappa shape index (κ3) is 3.13. The van der Waals surface area contributed by atoms with E-state index in [1.165, 1.54) is 13.0 Å². The number of benzene rings is 1. The van der Waals surface area contributed by atoms with E-state index >= 15 is 0 Å². The second-order valence-electron chi connectivity index (χ2n) is 3.28. The fraction of sp³-hybridized carbons (Fsp3) is 0.182. The van der Waals surface area contributed by atoms with Gasteiger partial charge in [0.15, 0.2) is 0 Å². The molecule has 1 amide bonds. The van der Waals surface area contributed by atoms with Gasteiger partial charge in [-0.15, -0.1) is 0 Å². The molecule has 1 N–H and O–H groups in total. The maximum atomic E-state index is 13.3. The van der Waals surface area contributed by atoms with Crippen LogP contribution in [-0.4, -0.2) is 12.5 Å². The summed E-state index contributed by atoms with van der Waals surface area (Å²) in [4.78, 5) is 11.5. The lowest BCUT2D eigenvalue weighted by molar-refractivity contribution is 0.0953. The molecule has 0 heterocycles. The van der Waals surface area contributed by atoms with Crippen LogP contribution in [0.4, 0.5) is 8.78 Å². The molecule has 0 unspecified atom stereocenters. The first-order chi connectivity index (χ1) is 7.41. The fourth-order valence-electron chi connectivity index (χ4n) is 1.10. The zero-order valence-electron chi connectivity index (χ0n) is 8.61. The third-order valence-corrected chi connectivity index (χ3v) is 2.21. The van der Waals surface area contributed by atoms with Crippen molar-refractivity contribution in [3.8, 4) is 0 Å². The summed E-state index contributed by atoms with van der Waals surface area (Å²) in [6.07, 6.45) is 0. The van der Waals surface area contributed by atoms with E-state index < -0.39 is 17.5 Å². The molecule has 16 heavy (non-hydrogen) atoms. The number of halogens is 3. The van der Waals surface area contributed by atoms with Gasteiger partial charge in [0.05, 0.1) is 5.56 Å². The number of carbonyl (C=O) groups is 1. The normalized spacial score (nSPS) is 10.0. The minimum atomic E-state index is -0.874. The third-order valence-electron chi connectivity index (χ3n) is 1.93. The number of carbonyl (C=O) groups excluding carboxylic acids is 1. The summed E-state index contributed by atoms with van der Waals surface area (Å²) in [7, 11) is 0. The standard InChI is InChI=1S/C11H10BrF2NO/c1-6-3-8(10(14)4-9(6)13)11(16)15-5-7(2)12/h3-4H,2,5H2,1H3,(H,15,16). The molecule has 0 atom stereocenters. The van der Waals surface area contributed by atoms with Crippen molar-refractivity contribution in [2.75, 3.05) is 6.54 Å². The molecular formula is C11H10BrF2NO. The highest BCUT2D eigenvalue weighted by Gasteiger charge is 2.13. The van der Waals surface area contributed by atoms with Crippen molar-refractivity contribution < 1.29 is 13.6 Å². The molecule has 1 aromatic carbocycles. The van der Waals surface area contributed by atoms with E-state index in [9.17, 15) is 13.6 Å². The van der Waals surface area contributed by atoms with Gasteiger partial charge in [0.25, 0.3) is 5.91 Å². The Balaban J connectivity index is 2.91. The zero-order chi connectivity index (χ0) is 12.3. The predicted octanol–water partition coefficient (Wildman–Crippen LogP) is 2.91. The first-order valence-electron chi connectivity index (χ1n) is 4.49. The lowest BCUT2D eigenvalue weighted by atomic mass is 10.1. The second kappa shape index (κ2) is 5.21. The van der Waals surface area contributed by atoms with E-state index in [1.807, 2.05) is 0 Å². The van der Waals surface area contributed by atoms with Gasteiger partial charge in [-0.2, -0.15) is 0 Å². The fourth-order valence-corrected chi connectivity index (χ4v) is 1.24. The van der Waals surface area contributed by atoms with Crippen LogP contribution in [0.25, 0.3) is 0 Å². The van der Waals surface area contributed by atoms with Crippen LogP contribution >= 0.6 is 15.9 Å².